The molecule has 0 aliphatic carbocycles. The maximum atomic E-state index is 10.9. The Morgan fingerprint density at radius 3 is 2.73 bits per heavy atom. The highest BCUT2D eigenvalue weighted by Crippen LogP contribution is 2.22. The van der Waals surface area contributed by atoms with Crippen molar-refractivity contribution in [2.75, 3.05) is 6.61 Å². The van der Waals surface area contributed by atoms with Crippen LogP contribution in [0.3, 0.4) is 0 Å². The molecule has 0 aromatic heterocycles. The molecule has 1 aliphatic rings. The first kappa shape index (κ1) is 8.83. The number of hydrogen-bond donors (Lipinski definition) is 2. The van der Waals surface area contributed by atoms with Gasteiger partial charge in [-0.2, -0.15) is 0 Å². The second kappa shape index (κ2) is 3.00. The van der Waals surface area contributed by atoms with Crippen LogP contribution in [0.2, 0.25) is 0 Å². The smallest absolute Gasteiger partial charge is 0.261 e. The lowest BCUT2D eigenvalue weighted by Crippen LogP contribution is -2.32. The van der Waals surface area contributed by atoms with Gasteiger partial charge >= 0.3 is 0 Å². The number of hydrogen-bond acceptors (Lipinski definition) is 4. The lowest BCUT2D eigenvalue weighted by Gasteiger charge is -2.15. The normalized spacial score (nSPS) is 28.5. The van der Waals surface area contributed by atoms with Crippen molar-refractivity contribution in [1.29, 1.82) is 0 Å². The van der Waals surface area contributed by atoms with Crippen molar-refractivity contribution in [3.05, 3.63) is 0 Å². The monoisotopic (exact) mass is 177 g/mol. The minimum absolute atomic E-state index is 0.265. The molecule has 0 radical (unpaired) electrons. The zero-order valence-corrected chi connectivity index (χ0v) is 7.35. The van der Waals surface area contributed by atoms with Crippen LogP contribution >= 0.6 is 12.8 Å². The van der Waals surface area contributed by atoms with E-state index in [9.17, 15) is 4.79 Å². The van der Waals surface area contributed by atoms with Crippen LogP contribution in [0.15, 0.2) is 0 Å². The van der Waals surface area contributed by atoms with E-state index < -0.39 is 11.9 Å². The van der Waals surface area contributed by atoms with Gasteiger partial charge in [0, 0.05) is 0 Å². The standard InChI is InChI=1S/C6H11NO3S/c1-6(2)9-3-4(10-6)5(8)7-11/h4,11H,3H2,1-2H3,(H,7,8). The Morgan fingerprint density at radius 2 is 2.36 bits per heavy atom. The van der Waals surface area contributed by atoms with Crippen LogP contribution < -0.4 is 4.72 Å². The molecule has 11 heavy (non-hydrogen) atoms. The number of nitrogens with one attached hydrogen (secondary N) is 1. The van der Waals surface area contributed by atoms with Gasteiger partial charge in [-0.3, -0.25) is 4.79 Å². The molecule has 1 N–H and O–H groups in total. The average molecular weight is 177 g/mol. The molecule has 1 rings (SSSR count). The fourth-order valence-corrected chi connectivity index (χ4v) is 1.03. The Hall–Kier alpha value is -0.260. The van der Waals surface area contributed by atoms with E-state index in [0.29, 0.717) is 6.61 Å². The Labute approximate surface area is 70.8 Å². The summed E-state index contributed by atoms with van der Waals surface area (Å²) in [6.45, 7) is 3.82. The highest BCUT2D eigenvalue weighted by atomic mass is 32.1. The van der Waals surface area contributed by atoms with Crippen molar-refractivity contribution >= 4 is 18.7 Å². The van der Waals surface area contributed by atoms with Crippen molar-refractivity contribution in [3.63, 3.8) is 0 Å². The third kappa shape index (κ3) is 2.08. The zero-order chi connectivity index (χ0) is 8.48. The van der Waals surface area contributed by atoms with Gasteiger partial charge in [-0.25, -0.2) is 0 Å². The van der Waals surface area contributed by atoms with Crippen molar-refractivity contribution in [3.8, 4) is 0 Å². The number of rotatable bonds is 1. The first-order valence-corrected chi connectivity index (χ1v) is 3.75. The van der Waals surface area contributed by atoms with Crippen LogP contribution in [-0.2, 0) is 14.3 Å². The van der Waals surface area contributed by atoms with E-state index >= 15 is 0 Å². The van der Waals surface area contributed by atoms with Gasteiger partial charge in [-0.15, -0.1) is 0 Å². The molecule has 1 aliphatic heterocycles. The largest absolute Gasteiger partial charge is 0.347 e. The lowest BCUT2D eigenvalue weighted by molar-refractivity contribution is -0.152. The molecule has 1 heterocycles. The van der Waals surface area contributed by atoms with E-state index in [0.717, 1.165) is 0 Å². The van der Waals surface area contributed by atoms with E-state index in [1.165, 1.54) is 0 Å². The second-order valence-electron chi connectivity index (χ2n) is 2.79. The number of carbonyl (C=O) groups excluding carboxylic acids is 1. The predicted molar refractivity (Wildman–Crippen MR) is 42.0 cm³/mol. The minimum Gasteiger partial charge on any atom is -0.347 e. The minimum atomic E-state index is -0.648. The Bertz CT molecular complexity index is 171. The van der Waals surface area contributed by atoms with Crippen LogP contribution in [0.1, 0.15) is 13.8 Å². The summed E-state index contributed by atoms with van der Waals surface area (Å²) < 4.78 is 12.6. The molecule has 64 valence electrons. The van der Waals surface area contributed by atoms with E-state index in [2.05, 4.69) is 17.5 Å². The van der Waals surface area contributed by atoms with Gasteiger partial charge < -0.3 is 14.2 Å². The highest BCUT2D eigenvalue weighted by molar-refractivity contribution is 7.78. The first-order chi connectivity index (χ1) is 5.05. The SMILES string of the molecule is CC1(C)OCC(C(=O)NS)O1. The van der Waals surface area contributed by atoms with Gasteiger partial charge in [0.1, 0.15) is 0 Å². The van der Waals surface area contributed by atoms with Crippen molar-refractivity contribution in [2.24, 2.45) is 0 Å². The Balaban J connectivity index is 2.48. The van der Waals surface area contributed by atoms with Gasteiger partial charge in [0.25, 0.3) is 5.91 Å². The number of carbonyl (C=O) groups is 1. The molecule has 0 saturated carbocycles. The molecule has 1 amide bonds. The fourth-order valence-electron chi connectivity index (χ4n) is 0.888. The topological polar surface area (TPSA) is 47.6 Å². The van der Waals surface area contributed by atoms with Gasteiger partial charge in [-0.05, 0) is 13.8 Å². The van der Waals surface area contributed by atoms with Gasteiger partial charge in [0.15, 0.2) is 11.9 Å². The summed E-state index contributed by atoms with van der Waals surface area (Å²) >= 11 is 3.61. The predicted octanol–water partition coefficient (Wildman–Crippen LogP) is 0.0989. The van der Waals surface area contributed by atoms with Crippen LogP contribution in [0.5, 0.6) is 0 Å². The molecule has 0 bridgehead atoms. The average Bonchev–Trinajstić information content (AvgIpc) is 2.29. The molecule has 1 atom stereocenters. The van der Waals surface area contributed by atoms with Gasteiger partial charge in [0.2, 0.25) is 0 Å². The molecule has 0 spiro atoms. The molecule has 1 fully saturated rings. The molecule has 1 unspecified atom stereocenters. The summed E-state index contributed by atoms with van der Waals surface area (Å²) in [6, 6.07) is 0. The quantitative estimate of drug-likeness (QED) is 0.558. The van der Waals surface area contributed by atoms with Crippen LogP contribution in [0.25, 0.3) is 0 Å². The molecule has 0 aromatic rings. The Kier molecular flexibility index (Phi) is 2.41. The van der Waals surface area contributed by atoms with Crippen LogP contribution in [0, 0.1) is 0 Å². The van der Waals surface area contributed by atoms with Gasteiger partial charge in [-0.1, -0.05) is 12.8 Å². The summed E-state index contributed by atoms with van der Waals surface area (Å²) in [5, 5.41) is 0. The summed E-state index contributed by atoms with van der Waals surface area (Å²) in [5.74, 6) is -0.913. The zero-order valence-electron chi connectivity index (χ0n) is 6.46. The number of ether oxygens (including phenoxy) is 2. The fraction of sp³-hybridized carbons (Fsp3) is 0.833. The molecular formula is C6H11NO3S. The third-order valence-corrected chi connectivity index (χ3v) is 1.63. The van der Waals surface area contributed by atoms with Crippen LogP contribution in [0.4, 0.5) is 0 Å². The molecule has 1 saturated heterocycles. The van der Waals surface area contributed by atoms with E-state index in [-0.39, 0.29) is 5.91 Å². The van der Waals surface area contributed by atoms with Crippen LogP contribution in [-0.4, -0.2) is 24.4 Å². The highest BCUT2D eigenvalue weighted by Gasteiger charge is 2.36. The molecular weight excluding hydrogens is 166 g/mol. The Morgan fingerprint density at radius 1 is 1.73 bits per heavy atom. The number of amides is 1. The summed E-state index contributed by atoms with van der Waals surface area (Å²) in [5.41, 5.74) is 0. The summed E-state index contributed by atoms with van der Waals surface area (Å²) in [7, 11) is 0. The summed E-state index contributed by atoms with van der Waals surface area (Å²) in [6.07, 6.45) is -0.525. The van der Waals surface area contributed by atoms with E-state index in [1.54, 1.807) is 13.8 Å². The summed E-state index contributed by atoms with van der Waals surface area (Å²) in [4.78, 5) is 10.9. The molecule has 4 nitrogen and oxygen atoms in total. The van der Waals surface area contributed by atoms with Gasteiger partial charge in [0.05, 0.1) is 6.61 Å². The molecule has 0 aromatic carbocycles. The maximum Gasteiger partial charge on any atom is 0.261 e. The van der Waals surface area contributed by atoms with Crippen molar-refractivity contribution in [2.45, 2.75) is 25.7 Å². The third-order valence-electron chi connectivity index (χ3n) is 1.41. The first-order valence-electron chi connectivity index (χ1n) is 3.31. The van der Waals surface area contributed by atoms with E-state index in [1.807, 2.05) is 0 Å². The maximum absolute atomic E-state index is 10.9. The van der Waals surface area contributed by atoms with E-state index in [4.69, 9.17) is 9.47 Å². The molecule has 5 heteroatoms. The number of thiol groups is 1. The second-order valence-corrected chi connectivity index (χ2v) is 3.02. The van der Waals surface area contributed by atoms with Crippen molar-refractivity contribution in [1.82, 2.24) is 4.72 Å². The van der Waals surface area contributed by atoms with Crippen molar-refractivity contribution < 1.29 is 14.3 Å². The lowest BCUT2D eigenvalue weighted by atomic mass is 10.4.